The Kier molecular flexibility index (Phi) is 3.30. The monoisotopic (exact) mass is 268 g/mol. The number of hydrogen-bond acceptors (Lipinski definition) is 4. The van der Waals surface area contributed by atoms with Gasteiger partial charge in [-0.25, -0.2) is 12.7 Å². The van der Waals surface area contributed by atoms with Crippen LogP contribution in [0.2, 0.25) is 0 Å². The fourth-order valence-corrected chi connectivity index (χ4v) is 3.59. The molecule has 18 heavy (non-hydrogen) atoms. The largest absolute Gasteiger partial charge is 0.388 e. The molecule has 0 bridgehead atoms. The summed E-state index contributed by atoms with van der Waals surface area (Å²) in [5.41, 5.74) is 0.951. The van der Waals surface area contributed by atoms with E-state index >= 15 is 0 Å². The van der Waals surface area contributed by atoms with Crippen LogP contribution in [0.15, 0.2) is 23.1 Å². The lowest BCUT2D eigenvalue weighted by atomic mass is 10.2. The van der Waals surface area contributed by atoms with Crippen molar-refractivity contribution in [3.8, 4) is 0 Å². The summed E-state index contributed by atoms with van der Waals surface area (Å²) in [7, 11) is -1.95. The van der Waals surface area contributed by atoms with E-state index in [0.717, 1.165) is 10.7 Å². The van der Waals surface area contributed by atoms with Gasteiger partial charge in [-0.15, -0.1) is 0 Å². The van der Waals surface area contributed by atoms with Gasteiger partial charge in [0.1, 0.15) is 4.90 Å². The van der Waals surface area contributed by atoms with Crippen molar-refractivity contribution in [2.45, 2.75) is 24.7 Å². The maximum absolute atomic E-state index is 12.2. The number of carbonyl (C=O) groups excluding carboxylic acids is 1. The van der Waals surface area contributed by atoms with E-state index in [-0.39, 0.29) is 17.0 Å². The number of benzene rings is 1. The lowest BCUT2D eigenvalue weighted by molar-refractivity contribution is 0.0870. The van der Waals surface area contributed by atoms with Gasteiger partial charge in [-0.3, -0.25) is 4.79 Å². The van der Waals surface area contributed by atoms with Gasteiger partial charge in [-0.05, 0) is 24.6 Å². The van der Waals surface area contributed by atoms with Crippen LogP contribution >= 0.6 is 0 Å². The van der Waals surface area contributed by atoms with Gasteiger partial charge in [-0.2, -0.15) is 0 Å². The molecule has 0 saturated heterocycles. The van der Waals surface area contributed by atoms with E-state index in [0.29, 0.717) is 12.1 Å². The summed E-state index contributed by atoms with van der Waals surface area (Å²) in [5.74, 6) is -0.416. The Hall–Kier alpha value is -1.56. The van der Waals surface area contributed by atoms with Crippen molar-refractivity contribution < 1.29 is 13.2 Å². The fourth-order valence-electron chi connectivity index (χ4n) is 1.95. The molecule has 98 valence electrons. The molecule has 6 heteroatoms. The molecule has 1 aromatic carbocycles. The van der Waals surface area contributed by atoms with Crippen LogP contribution in [0.5, 0.6) is 0 Å². The minimum absolute atomic E-state index is 0.107. The van der Waals surface area contributed by atoms with Gasteiger partial charge in [0.15, 0.2) is 0 Å². The first kappa shape index (κ1) is 12.9. The van der Waals surface area contributed by atoms with Crippen LogP contribution in [-0.4, -0.2) is 32.2 Å². The Balaban J connectivity index is 2.48. The fraction of sp³-hybridized carbons (Fsp3) is 0.417. The second kappa shape index (κ2) is 4.61. The third kappa shape index (κ3) is 1.86. The van der Waals surface area contributed by atoms with Gasteiger partial charge in [-0.1, -0.05) is 13.3 Å². The number of sulfonamides is 1. The van der Waals surface area contributed by atoms with E-state index in [4.69, 9.17) is 0 Å². The molecule has 1 aliphatic rings. The number of unbranched alkanes of at least 4 members (excludes halogenated alkanes) is 1. The molecule has 5 nitrogen and oxygen atoms in total. The topological polar surface area (TPSA) is 66.5 Å². The zero-order valence-corrected chi connectivity index (χ0v) is 11.3. The summed E-state index contributed by atoms with van der Waals surface area (Å²) in [6.45, 7) is 2.21. The number of hydrogen-bond donors (Lipinski definition) is 1. The lowest BCUT2D eigenvalue weighted by Crippen LogP contribution is -2.30. The van der Waals surface area contributed by atoms with Gasteiger partial charge in [0.25, 0.3) is 15.9 Å². The average molecular weight is 268 g/mol. The van der Waals surface area contributed by atoms with Crippen LogP contribution in [0.4, 0.5) is 5.69 Å². The molecule has 1 heterocycles. The number of anilines is 1. The highest BCUT2D eigenvalue weighted by Gasteiger charge is 2.40. The number of nitrogens with zero attached hydrogens (tertiary/aromatic N) is 1. The van der Waals surface area contributed by atoms with Gasteiger partial charge < -0.3 is 5.32 Å². The lowest BCUT2D eigenvalue weighted by Gasteiger charge is -2.13. The third-order valence-electron chi connectivity index (χ3n) is 3.01. The van der Waals surface area contributed by atoms with E-state index in [9.17, 15) is 13.2 Å². The number of carbonyl (C=O) groups is 1. The predicted molar refractivity (Wildman–Crippen MR) is 69.1 cm³/mol. The highest BCUT2D eigenvalue weighted by molar-refractivity contribution is 7.90. The van der Waals surface area contributed by atoms with Crippen LogP contribution < -0.4 is 5.32 Å². The van der Waals surface area contributed by atoms with Crippen molar-refractivity contribution in [3.63, 3.8) is 0 Å². The van der Waals surface area contributed by atoms with Crippen molar-refractivity contribution in [2.24, 2.45) is 0 Å². The Morgan fingerprint density at radius 2 is 2.06 bits per heavy atom. The average Bonchev–Trinajstić information content (AvgIpc) is 2.55. The Labute approximate surface area is 107 Å². The number of rotatable bonds is 4. The van der Waals surface area contributed by atoms with Crippen LogP contribution in [0, 0.1) is 0 Å². The molecule has 0 aliphatic carbocycles. The Morgan fingerprint density at radius 3 is 2.67 bits per heavy atom. The summed E-state index contributed by atoms with van der Waals surface area (Å²) in [4.78, 5) is 12.2. The van der Waals surface area contributed by atoms with Crippen molar-refractivity contribution in [1.82, 2.24) is 4.31 Å². The van der Waals surface area contributed by atoms with Crippen LogP contribution in [0.1, 0.15) is 30.1 Å². The Bertz CT molecular complexity index is 581. The SMILES string of the molecule is CCCCN1C(=O)c2ccc(NC)cc2S1(=O)=O. The number of fused-ring (bicyclic) bond motifs is 1. The normalized spacial score (nSPS) is 16.8. The zero-order valence-electron chi connectivity index (χ0n) is 10.4. The standard InChI is InChI=1S/C12H16N2O3S/c1-3-4-7-14-12(15)10-6-5-9(13-2)8-11(10)18(14,16)17/h5-6,8,13H,3-4,7H2,1-2H3. The number of amides is 1. The van der Waals surface area contributed by atoms with Crippen LogP contribution in [0.25, 0.3) is 0 Å². The Morgan fingerprint density at radius 1 is 1.33 bits per heavy atom. The molecular formula is C12H16N2O3S. The molecule has 0 aromatic heterocycles. The van der Waals surface area contributed by atoms with Gasteiger partial charge in [0.2, 0.25) is 0 Å². The first-order valence-corrected chi connectivity index (χ1v) is 7.35. The highest BCUT2D eigenvalue weighted by Crippen LogP contribution is 2.32. The van der Waals surface area contributed by atoms with Crippen molar-refractivity contribution in [3.05, 3.63) is 23.8 Å². The zero-order chi connectivity index (χ0) is 13.3. The smallest absolute Gasteiger partial charge is 0.269 e. The number of nitrogens with one attached hydrogen (secondary N) is 1. The molecule has 2 rings (SSSR count). The maximum Gasteiger partial charge on any atom is 0.269 e. The van der Waals surface area contributed by atoms with E-state index in [2.05, 4.69) is 5.32 Å². The molecular weight excluding hydrogens is 252 g/mol. The molecule has 0 atom stereocenters. The molecule has 1 amide bonds. The summed E-state index contributed by atoms with van der Waals surface area (Å²) in [6, 6.07) is 4.77. The molecule has 0 unspecified atom stereocenters. The molecule has 0 saturated carbocycles. The van der Waals surface area contributed by atoms with Crippen LogP contribution in [0.3, 0.4) is 0 Å². The first-order chi connectivity index (χ1) is 8.52. The minimum Gasteiger partial charge on any atom is -0.388 e. The summed E-state index contributed by atoms with van der Waals surface area (Å²) < 4.78 is 25.5. The molecule has 0 fully saturated rings. The van der Waals surface area contributed by atoms with Gasteiger partial charge in [0.05, 0.1) is 5.56 Å². The first-order valence-electron chi connectivity index (χ1n) is 5.91. The van der Waals surface area contributed by atoms with Crippen LogP contribution in [-0.2, 0) is 10.0 Å². The second-order valence-corrected chi connectivity index (χ2v) is 6.03. The van der Waals surface area contributed by atoms with E-state index in [1.807, 2.05) is 6.92 Å². The summed E-state index contributed by atoms with van der Waals surface area (Å²) >= 11 is 0. The molecule has 1 N–H and O–H groups in total. The minimum atomic E-state index is -3.66. The van der Waals surface area contributed by atoms with Gasteiger partial charge in [0, 0.05) is 19.3 Å². The summed E-state index contributed by atoms with van der Waals surface area (Å²) in [5, 5.41) is 2.87. The molecule has 0 radical (unpaired) electrons. The summed E-state index contributed by atoms with van der Waals surface area (Å²) in [6.07, 6.45) is 1.52. The molecule has 0 spiro atoms. The molecule has 1 aliphatic heterocycles. The van der Waals surface area contributed by atoms with Crippen molar-refractivity contribution in [2.75, 3.05) is 18.9 Å². The quantitative estimate of drug-likeness (QED) is 0.902. The molecule has 1 aromatic rings. The van der Waals surface area contributed by atoms with Gasteiger partial charge >= 0.3 is 0 Å². The van der Waals surface area contributed by atoms with Crippen molar-refractivity contribution >= 4 is 21.6 Å². The predicted octanol–water partition coefficient (Wildman–Crippen LogP) is 1.67. The van der Waals surface area contributed by atoms with E-state index in [1.54, 1.807) is 19.2 Å². The van der Waals surface area contributed by atoms with E-state index in [1.165, 1.54) is 6.07 Å². The maximum atomic E-state index is 12.2. The second-order valence-electron chi connectivity index (χ2n) is 4.20. The highest BCUT2D eigenvalue weighted by atomic mass is 32.2. The third-order valence-corrected chi connectivity index (χ3v) is 4.83. The van der Waals surface area contributed by atoms with Crippen molar-refractivity contribution in [1.29, 1.82) is 0 Å². The van der Waals surface area contributed by atoms with E-state index < -0.39 is 15.9 Å².